The van der Waals surface area contributed by atoms with Crippen LogP contribution in [0.3, 0.4) is 0 Å². The van der Waals surface area contributed by atoms with Crippen LogP contribution in [0.25, 0.3) is 0 Å². The van der Waals surface area contributed by atoms with E-state index in [4.69, 9.17) is 21.4 Å². The molecule has 0 unspecified atom stereocenters. The Bertz CT molecular complexity index is 464. The molecule has 1 aliphatic rings. The van der Waals surface area contributed by atoms with Gasteiger partial charge in [-0.25, -0.2) is 4.79 Å². The molecule has 2 N–H and O–H groups in total. The highest BCUT2D eigenvalue weighted by Crippen LogP contribution is 2.32. The molecule has 1 fully saturated rings. The van der Waals surface area contributed by atoms with Crippen LogP contribution in [0.5, 0.6) is 0 Å². The molecule has 0 saturated carbocycles. The Balaban J connectivity index is 2.07. The first-order valence-electron chi connectivity index (χ1n) is 7.28. The van der Waals surface area contributed by atoms with Crippen molar-refractivity contribution in [3.05, 3.63) is 34.9 Å². The van der Waals surface area contributed by atoms with Crippen molar-refractivity contribution in [3.63, 3.8) is 0 Å². The van der Waals surface area contributed by atoms with Crippen molar-refractivity contribution in [1.82, 2.24) is 10.6 Å². The van der Waals surface area contributed by atoms with Gasteiger partial charge in [-0.3, -0.25) is 4.89 Å². The van der Waals surface area contributed by atoms with Crippen LogP contribution < -0.4 is 10.6 Å². The number of amides is 1. The van der Waals surface area contributed by atoms with E-state index < -0.39 is 6.09 Å². The summed E-state index contributed by atoms with van der Waals surface area (Å²) >= 11 is 6.05. The molecule has 0 spiro atoms. The fraction of sp³-hybridized carbons (Fsp3) is 0.533. The lowest BCUT2D eigenvalue weighted by Crippen LogP contribution is -2.35. The Labute approximate surface area is 129 Å². The van der Waals surface area contributed by atoms with Crippen LogP contribution in [-0.2, 0) is 9.78 Å². The second kappa shape index (κ2) is 8.22. The smallest absolute Gasteiger partial charge is 0.319 e. The zero-order valence-corrected chi connectivity index (χ0v) is 12.9. The molecule has 0 aromatic heterocycles. The lowest BCUT2D eigenvalue weighted by atomic mass is 9.89. The summed E-state index contributed by atoms with van der Waals surface area (Å²) < 4.78 is 0. The zero-order chi connectivity index (χ0) is 15.1. The number of nitrogens with one attached hydrogen (secondary N) is 2. The Morgan fingerprint density at radius 3 is 3.10 bits per heavy atom. The summed E-state index contributed by atoms with van der Waals surface area (Å²) in [7, 11) is 0. The highest BCUT2D eigenvalue weighted by atomic mass is 35.5. The molecule has 1 aromatic rings. The number of carbonyl (C=O) groups excluding carboxylic acids is 1. The molecule has 5 nitrogen and oxygen atoms in total. The van der Waals surface area contributed by atoms with Crippen LogP contribution >= 0.6 is 11.6 Å². The molecule has 1 heterocycles. The van der Waals surface area contributed by atoms with Crippen molar-refractivity contribution in [1.29, 1.82) is 0 Å². The number of halogens is 1. The molecule has 0 radical (unpaired) electrons. The summed E-state index contributed by atoms with van der Waals surface area (Å²) in [6.07, 6.45) is 1.20. The minimum absolute atomic E-state index is 0.242. The second-order valence-corrected chi connectivity index (χ2v) is 5.52. The van der Waals surface area contributed by atoms with Crippen LogP contribution in [0.15, 0.2) is 24.3 Å². The van der Waals surface area contributed by atoms with Crippen molar-refractivity contribution in [2.24, 2.45) is 5.92 Å². The van der Waals surface area contributed by atoms with Crippen molar-refractivity contribution in [2.45, 2.75) is 25.9 Å². The van der Waals surface area contributed by atoms with Crippen molar-refractivity contribution < 1.29 is 14.6 Å². The largest absolute Gasteiger partial charge is 0.438 e. The van der Waals surface area contributed by atoms with E-state index in [9.17, 15) is 4.79 Å². The van der Waals surface area contributed by atoms with Gasteiger partial charge in [-0.2, -0.15) is 4.89 Å². The molecule has 2 atom stereocenters. The monoisotopic (exact) mass is 312 g/mol. The summed E-state index contributed by atoms with van der Waals surface area (Å²) in [6.45, 7) is 4.15. The van der Waals surface area contributed by atoms with Gasteiger partial charge in [-0.15, -0.1) is 0 Å². The van der Waals surface area contributed by atoms with Gasteiger partial charge in [-0.05, 0) is 44.0 Å². The maximum absolute atomic E-state index is 11.4. The van der Waals surface area contributed by atoms with E-state index in [0.717, 1.165) is 31.5 Å². The van der Waals surface area contributed by atoms with Crippen LogP contribution in [0, 0.1) is 5.92 Å². The summed E-state index contributed by atoms with van der Waals surface area (Å²) in [5.74, 6) is 0.242. The van der Waals surface area contributed by atoms with E-state index in [-0.39, 0.29) is 12.0 Å². The van der Waals surface area contributed by atoms with Gasteiger partial charge < -0.3 is 10.6 Å². The molecule has 6 heteroatoms. The van der Waals surface area contributed by atoms with E-state index in [0.29, 0.717) is 11.6 Å². The van der Waals surface area contributed by atoms with E-state index in [1.165, 1.54) is 0 Å². The van der Waals surface area contributed by atoms with Gasteiger partial charge in [0.15, 0.2) is 0 Å². The summed E-state index contributed by atoms with van der Waals surface area (Å²) in [5, 5.41) is 6.52. The first kappa shape index (κ1) is 16.1. The lowest BCUT2D eigenvalue weighted by Gasteiger charge is -2.29. The number of piperidine rings is 1. The summed E-state index contributed by atoms with van der Waals surface area (Å²) in [4.78, 5) is 21.7. The third-order valence-electron chi connectivity index (χ3n) is 3.49. The van der Waals surface area contributed by atoms with Gasteiger partial charge in [0.2, 0.25) is 0 Å². The third kappa shape index (κ3) is 4.88. The van der Waals surface area contributed by atoms with E-state index >= 15 is 0 Å². The Kier molecular flexibility index (Phi) is 6.29. The minimum Gasteiger partial charge on any atom is -0.319 e. The predicted octanol–water partition coefficient (Wildman–Crippen LogP) is 3.06. The SMILES string of the molecule is CCNC(=O)OO[C@@H](c1cccc(Cl)c1)[C@@H]1CCCNC1. The number of rotatable bonds is 5. The molecule has 1 saturated heterocycles. The maximum Gasteiger partial charge on any atom is 0.438 e. The van der Waals surface area contributed by atoms with E-state index in [1.807, 2.05) is 31.2 Å². The molecular formula is C15H21ClN2O3. The van der Waals surface area contributed by atoms with Crippen molar-refractivity contribution in [2.75, 3.05) is 19.6 Å². The Morgan fingerprint density at radius 2 is 2.43 bits per heavy atom. The van der Waals surface area contributed by atoms with Gasteiger partial charge in [0.1, 0.15) is 6.10 Å². The molecule has 1 aliphatic heterocycles. The minimum atomic E-state index is -0.576. The van der Waals surface area contributed by atoms with Gasteiger partial charge in [-0.1, -0.05) is 23.7 Å². The molecule has 0 bridgehead atoms. The summed E-state index contributed by atoms with van der Waals surface area (Å²) in [6, 6.07) is 7.47. The molecule has 21 heavy (non-hydrogen) atoms. The summed E-state index contributed by atoms with van der Waals surface area (Å²) in [5.41, 5.74) is 0.917. The topological polar surface area (TPSA) is 59.6 Å². The van der Waals surface area contributed by atoms with Crippen molar-refractivity contribution >= 4 is 17.7 Å². The molecule has 1 aromatic carbocycles. The Morgan fingerprint density at radius 1 is 1.57 bits per heavy atom. The number of hydrogen-bond acceptors (Lipinski definition) is 4. The lowest BCUT2D eigenvalue weighted by molar-refractivity contribution is -0.288. The second-order valence-electron chi connectivity index (χ2n) is 5.08. The number of carbonyl (C=O) groups is 1. The molecule has 0 aliphatic carbocycles. The van der Waals surface area contributed by atoms with Crippen LogP contribution in [0.1, 0.15) is 31.4 Å². The number of benzene rings is 1. The molecule has 116 valence electrons. The zero-order valence-electron chi connectivity index (χ0n) is 12.1. The average molecular weight is 313 g/mol. The standard InChI is InChI=1S/C15H21ClN2O3/c1-2-18-15(19)21-20-14(12-6-4-8-17-10-12)11-5-3-7-13(16)9-11/h3,5,7,9,12,14,17H,2,4,6,8,10H2,1H3,(H,18,19)/t12-,14+/m1/s1. The normalized spacial score (nSPS) is 19.8. The van der Waals surface area contributed by atoms with Crippen LogP contribution in [0.4, 0.5) is 4.79 Å². The van der Waals surface area contributed by atoms with Gasteiger partial charge in [0.25, 0.3) is 0 Å². The number of hydrogen-bond donors (Lipinski definition) is 2. The van der Waals surface area contributed by atoms with Gasteiger partial charge in [0, 0.05) is 24.0 Å². The quantitative estimate of drug-likeness (QED) is 0.648. The molecular weight excluding hydrogens is 292 g/mol. The molecule has 2 rings (SSSR count). The van der Waals surface area contributed by atoms with E-state index in [2.05, 4.69) is 10.6 Å². The van der Waals surface area contributed by atoms with Gasteiger partial charge in [0.05, 0.1) is 0 Å². The van der Waals surface area contributed by atoms with Crippen molar-refractivity contribution in [3.8, 4) is 0 Å². The van der Waals surface area contributed by atoms with Crippen LogP contribution in [0.2, 0.25) is 5.02 Å². The van der Waals surface area contributed by atoms with Crippen LogP contribution in [-0.4, -0.2) is 25.7 Å². The van der Waals surface area contributed by atoms with Gasteiger partial charge >= 0.3 is 6.09 Å². The first-order valence-corrected chi connectivity index (χ1v) is 7.66. The third-order valence-corrected chi connectivity index (χ3v) is 3.72. The Hall–Kier alpha value is -1.30. The highest BCUT2D eigenvalue weighted by molar-refractivity contribution is 6.30. The maximum atomic E-state index is 11.4. The fourth-order valence-electron chi connectivity index (χ4n) is 2.50. The molecule has 1 amide bonds. The fourth-order valence-corrected chi connectivity index (χ4v) is 2.70. The first-order chi connectivity index (χ1) is 10.2. The average Bonchev–Trinajstić information content (AvgIpc) is 2.49. The van der Waals surface area contributed by atoms with E-state index in [1.54, 1.807) is 0 Å². The highest BCUT2D eigenvalue weighted by Gasteiger charge is 2.28. The predicted molar refractivity (Wildman–Crippen MR) is 81.0 cm³/mol.